The van der Waals surface area contributed by atoms with Crippen molar-refractivity contribution in [1.82, 2.24) is 4.90 Å². The minimum atomic E-state index is -0.442. The first kappa shape index (κ1) is 18.9. The summed E-state index contributed by atoms with van der Waals surface area (Å²) in [6.45, 7) is 2.00. The van der Waals surface area contributed by atoms with Crippen molar-refractivity contribution in [3.05, 3.63) is 58.3 Å². The smallest absolute Gasteiger partial charge is 0.255 e. The number of halogens is 2. The van der Waals surface area contributed by atoms with E-state index in [4.69, 9.17) is 4.74 Å². The molecule has 25 heavy (non-hydrogen) atoms. The SMILES string of the molecule is CCN(CC(=O)Nc1cccc(OC)c1)C(=O)c1ccc(F)cc1Br. The maximum absolute atomic E-state index is 13.2. The van der Waals surface area contributed by atoms with Gasteiger partial charge in [-0.3, -0.25) is 9.59 Å². The van der Waals surface area contributed by atoms with Crippen molar-refractivity contribution in [2.75, 3.05) is 25.5 Å². The number of carbonyl (C=O) groups is 2. The van der Waals surface area contributed by atoms with Crippen LogP contribution >= 0.6 is 15.9 Å². The Morgan fingerprint density at radius 1 is 1.24 bits per heavy atom. The predicted molar refractivity (Wildman–Crippen MR) is 97.3 cm³/mol. The molecule has 0 radical (unpaired) electrons. The van der Waals surface area contributed by atoms with E-state index in [1.807, 2.05) is 0 Å². The van der Waals surface area contributed by atoms with Crippen LogP contribution in [0.2, 0.25) is 0 Å². The third kappa shape index (κ3) is 5.03. The Morgan fingerprint density at radius 3 is 2.64 bits per heavy atom. The molecule has 1 N–H and O–H groups in total. The number of amides is 2. The van der Waals surface area contributed by atoms with Crippen LogP contribution in [-0.2, 0) is 4.79 Å². The molecule has 0 aliphatic rings. The second-order valence-electron chi connectivity index (χ2n) is 5.22. The van der Waals surface area contributed by atoms with Crippen molar-refractivity contribution in [2.24, 2.45) is 0 Å². The average Bonchev–Trinajstić information content (AvgIpc) is 2.59. The van der Waals surface area contributed by atoms with Gasteiger partial charge in [-0.25, -0.2) is 4.39 Å². The first-order valence-corrected chi connectivity index (χ1v) is 8.42. The van der Waals surface area contributed by atoms with Gasteiger partial charge in [0.15, 0.2) is 0 Å². The third-order valence-corrected chi connectivity index (χ3v) is 4.17. The molecule has 0 aliphatic heterocycles. The lowest BCUT2D eigenvalue weighted by Gasteiger charge is -2.21. The lowest BCUT2D eigenvalue weighted by atomic mass is 10.2. The first-order valence-electron chi connectivity index (χ1n) is 7.62. The van der Waals surface area contributed by atoms with Gasteiger partial charge in [0.1, 0.15) is 18.1 Å². The maximum Gasteiger partial charge on any atom is 0.255 e. The van der Waals surface area contributed by atoms with Gasteiger partial charge in [0.05, 0.1) is 12.7 Å². The normalized spacial score (nSPS) is 10.2. The van der Waals surface area contributed by atoms with E-state index < -0.39 is 5.82 Å². The van der Waals surface area contributed by atoms with E-state index in [1.54, 1.807) is 38.3 Å². The summed E-state index contributed by atoms with van der Waals surface area (Å²) in [6, 6.07) is 10.8. The molecule has 0 saturated heterocycles. The predicted octanol–water partition coefficient (Wildman–Crippen LogP) is 3.70. The second kappa shape index (κ2) is 8.62. The third-order valence-electron chi connectivity index (χ3n) is 3.52. The maximum atomic E-state index is 13.2. The molecular weight excluding hydrogens is 391 g/mol. The first-order chi connectivity index (χ1) is 11.9. The Morgan fingerprint density at radius 2 is 2.00 bits per heavy atom. The fraction of sp³-hybridized carbons (Fsp3) is 0.222. The molecule has 0 aliphatic carbocycles. The van der Waals surface area contributed by atoms with Gasteiger partial charge in [-0.2, -0.15) is 0 Å². The van der Waals surface area contributed by atoms with Crippen LogP contribution in [0.25, 0.3) is 0 Å². The number of hydrogen-bond donors (Lipinski definition) is 1. The summed E-state index contributed by atoms with van der Waals surface area (Å²) in [5.74, 6) is -0.504. The largest absolute Gasteiger partial charge is 0.497 e. The lowest BCUT2D eigenvalue weighted by molar-refractivity contribution is -0.116. The van der Waals surface area contributed by atoms with Crippen LogP contribution in [0, 0.1) is 5.82 Å². The molecule has 2 aromatic carbocycles. The standard InChI is InChI=1S/C18H18BrFN2O3/c1-3-22(18(24)15-8-7-12(20)9-16(15)19)11-17(23)21-13-5-4-6-14(10-13)25-2/h4-10H,3,11H2,1-2H3,(H,21,23). The number of benzene rings is 2. The van der Waals surface area contributed by atoms with Gasteiger partial charge in [0, 0.05) is 22.8 Å². The Labute approximate surface area is 153 Å². The van der Waals surface area contributed by atoms with Gasteiger partial charge in [-0.05, 0) is 53.2 Å². The number of anilines is 1. The summed E-state index contributed by atoms with van der Waals surface area (Å²) in [7, 11) is 1.54. The van der Waals surface area contributed by atoms with E-state index >= 15 is 0 Å². The van der Waals surface area contributed by atoms with Crippen LogP contribution in [0.4, 0.5) is 10.1 Å². The molecule has 0 heterocycles. The molecule has 7 heteroatoms. The highest BCUT2D eigenvalue weighted by Gasteiger charge is 2.20. The minimum Gasteiger partial charge on any atom is -0.497 e. The number of nitrogens with zero attached hydrogens (tertiary/aromatic N) is 1. The topological polar surface area (TPSA) is 58.6 Å². The van der Waals surface area contributed by atoms with E-state index in [1.165, 1.54) is 23.1 Å². The highest BCUT2D eigenvalue weighted by Crippen LogP contribution is 2.20. The Hall–Kier alpha value is -2.41. The van der Waals surface area contributed by atoms with Crippen LogP contribution in [0.3, 0.4) is 0 Å². The van der Waals surface area contributed by atoms with Crippen molar-refractivity contribution < 1.29 is 18.7 Å². The van der Waals surface area contributed by atoms with E-state index in [-0.39, 0.29) is 18.4 Å². The van der Waals surface area contributed by atoms with Crippen molar-refractivity contribution in [3.8, 4) is 5.75 Å². The molecule has 0 unspecified atom stereocenters. The highest BCUT2D eigenvalue weighted by molar-refractivity contribution is 9.10. The average molecular weight is 409 g/mol. The van der Waals surface area contributed by atoms with Crippen molar-refractivity contribution >= 4 is 33.4 Å². The number of ether oxygens (including phenoxy) is 1. The van der Waals surface area contributed by atoms with Crippen LogP contribution < -0.4 is 10.1 Å². The second-order valence-corrected chi connectivity index (χ2v) is 6.08. The number of methoxy groups -OCH3 is 1. The molecule has 0 saturated carbocycles. The van der Waals surface area contributed by atoms with E-state index in [9.17, 15) is 14.0 Å². The van der Waals surface area contributed by atoms with Crippen LogP contribution in [0.15, 0.2) is 46.9 Å². The lowest BCUT2D eigenvalue weighted by Crippen LogP contribution is -2.38. The summed E-state index contributed by atoms with van der Waals surface area (Å²) in [6.07, 6.45) is 0. The monoisotopic (exact) mass is 408 g/mol. The molecule has 0 atom stereocenters. The van der Waals surface area contributed by atoms with Crippen molar-refractivity contribution in [2.45, 2.75) is 6.92 Å². The van der Waals surface area contributed by atoms with Gasteiger partial charge in [0.25, 0.3) is 5.91 Å². The van der Waals surface area contributed by atoms with Crippen LogP contribution in [-0.4, -0.2) is 36.9 Å². The summed E-state index contributed by atoms with van der Waals surface area (Å²) in [4.78, 5) is 26.2. The molecule has 2 rings (SSSR count). The van der Waals surface area contributed by atoms with E-state index in [0.29, 0.717) is 28.0 Å². The zero-order valence-corrected chi connectivity index (χ0v) is 15.5. The summed E-state index contributed by atoms with van der Waals surface area (Å²) < 4.78 is 18.6. The zero-order chi connectivity index (χ0) is 18.4. The molecule has 0 bridgehead atoms. The number of hydrogen-bond acceptors (Lipinski definition) is 3. The fourth-order valence-corrected chi connectivity index (χ4v) is 2.76. The zero-order valence-electron chi connectivity index (χ0n) is 13.9. The van der Waals surface area contributed by atoms with Crippen molar-refractivity contribution in [3.63, 3.8) is 0 Å². The van der Waals surface area contributed by atoms with Crippen molar-refractivity contribution in [1.29, 1.82) is 0 Å². The number of likely N-dealkylation sites (N-methyl/N-ethyl adjacent to an activating group) is 1. The van der Waals surface area contributed by atoms with Crippen LogP contribution in [0.1, 0.15) is 17.3 Å². The number of carbonyl (C=O) groups excluding carboxylic acids is 2. The molecule has 2 aromatic rings. The summed E-state index contributed by atoms with van der Waals surface area (Å²) >= 11 is 3.18. The molecule has 0 spiro atoms. The van der Waals surface area contributed by atoms with Gasteiger partial charge >= 0.3 is 0 Å². The molecule has 5 nitrogen and oxygen atoms in total. The number of rotatable bonds is 6. The molecule has 0 aromatic heterocycles. The molecule has 132 valence electrons. The molecule has 2 amide bonds. The van der Waals surface area contributed by atoms with E-state index in [0.717, 1.165) is 0 Å². The quantitative estimate of drug-likeness (QED) is 0.792. The summed E-state index contributed by atoms with van der Waals surface area (Å²) in [5, 5.41) is 2.73. The molecular formula is C18H18BrFN2O3. The van der Waals surface area contributed by atoms with Gasteiger partial charge in [-0.1, -0.05) is 6.07 Å². The van der Waals surface area contributed by atoms with Crippen LogP contribution in [0.5, 0.6) is 5.75 Å². The minimum absolute atomic E-state index is 0.115. The van der Waals surface area contributed by atoms with E-state index in [2.05, 4.69) is 21.2 Å². The van der Waals surface area contributed by atoms with Gasteiger partial charge < -0.3 is 15.0 Å². The van der Waals surface area contributed by atoms with Gasteiger partial charge in [0.2, 0.25) is 5.91 Å². The Balaban J connectivity index is 2.07. The highest BCUT2D eigenvalue weighted by atomic mass is 79.9. The number of nitrogens with one attached hydrogen (secondary N) is 1. The molecule has 0 fully saturated rings. The summed E-state index contributed by atoms with van der Waals surface area (Å²) in [5.41, 5.74) is 0.883. The van der Waals surface area contributed by atoms with Gasteiger partial charge in [-0.15, -0.1) is 0 Å². The Kier molecular flexibility index (Phi) is 6.52. The fourth-order valence-electron chi connectivity index (χ4n) is 2.24. The Bertz CT molecular complexity index is 783.